The van der Waals surface area contributed by atoms with Crippen LogP contribution in [0.15, 0.2) is 48.5 Å². The summed E-state index contributed by atoms with van der Waals surface area (Å²) in [5.74, 6) is 0.0561. The lowest BCUT2D eigenvalue weighted by Crippen LogP contribution is -2.39. The molecule has 0 aliphatic heterocycles. The Labute approximate surface area is 230 Å². The second kappa shape index (κ2) is 12.6. The van der Waals surface area contributed by atoms with Crippen molar-refractivity contribution in [3.63, 3.8) is 0 Å². The van der Waals surface area contributed by atoms with E-state index < -0.39 is 0 Å². The van der Waals surface area contributed by atoms with E-state index in [1.807, 2.05) is 30.3 Å². The molecule has 2 aromatic carbocycles. The number of nitrogens with one attached hydrogen (secondary N) is 1. The SMILES string of the molecule is CCCCCN(CC(=O)Nc1cc(C(C)(C)C)nn1-c1ccc(Cl)c(Cl)c1)C(=O)c1ccc(CC)cc1. The minimum Gasteiger partial charge on any atom is -0.329 e. The topological polar surface area (TPSA) is 67.2 Å². The van der Waals surface area contributed by atoms with Crippen molar-refractivity contribution in [3.8, 4) is 5.69 Å². The molecule has 0 atom stereocenters. The summed E-state index contributed by atoms with van der Waals surface area (Å²) in [4.78, 5) is 28.2. The Kier molecular flexibility index (Phi) is 9.80. The van der Waals surface area contributed by atoms with Crippen LogP contribution in [0.5, 0.6) is 0 Å². The molecule has 37 heavy (non-hydrogen) atoms. The first-order valence-corrected chi connectivity index (χ1v) is 13.5. The van der Waals surface area contributed by atoms with Crippen molar-refractivity contribution in [1.82, 2.24) is 14.7 Å². The molecular weight excluding hydrogens is 507 g/mol. The second-order valence-electron chi connectivity index (χ2n) is 10.2. The van der Waals surface area contributed by atoms with Crippen LogP contribution in [0.25, 0.3) is 5.69 Å². The predicted molar refractivity (Wildman–Crippen MR) is 152 cm³/mol. The van der Waals surface area contributed by atoms with E-state index in [-0.39, 0.29) is 23.8 Å². The zero-order valence-electron chi connectivity index (χ0n) is 22.3. The number of unbranched alkanes of at least 4 members (excludes halogenated alkanes) is 2. The number of amides is 2. The maximum absolute atomic E-state index is 13.3. The lowest BCUT2D eigenvalue weighted by molar-refractivity contribution is -0.117. The predicted octanol–water partition coefficient (Wildman–Crippen LogP) is 7.31. The monoisotopic (exact) mass is 542 g/mol. The molecule has 3 rings (SSSR count). The van der Waals surface area contributed by atoms with Crippen LogP contribution in [0.1, 0.15) is 75.5 Å². The lowest BCUT2D eigenvalue weighted by Gasteiger charge is -2.22. The highest BCUT2D eigenvalue weighted by Crippen LogP contribution is 2.29. The van der Waals surface area contributed by atoms with Crippen molar-refractivity contribution in [1.29, 1.82) is 0 Å². The van der Waals surface area contributed by atoms with E-state index in [2.05, 4.69) is 39.9 Å². The molecule has 0 spiro atoms. The molecule has 3 aromatic rings. The molecule has 198 valence electrons. The first-order chi connectivity index (χ1) is 17.5. The van der Waals surface area contributed by atoms with Gasteiger partial charge in [-0.25, -0.2) is 4.68 Å². The van der Waals surface area contributed by atoms with Crippen molar-refractivity contribution >= 4 is 40.8 Å². The molecule has 1 heterocycles. The van der Waals surface area contributed by atoms with Crippen molar-refractivity contribution in [2.45, 2.75) is 65.7 Å². The van der Waals surface area contributed by atoms with Gasteiger partial charge in [-0.1, -0.05) is 82.8 Å². The van der Waals surface area contributed by atoms with Crippen molar-refractivity contribution in [3.05, 3.63) is 75.4 Å². The number of anilines is 1. The number of hydrogen-bond acceptors (Lipinski definition) is 3. The minimum atomic E-state index is -0.295. The van der Waals surface area contributed by atoms with Crippen LogP contribution in [-0.4, -0.2) is 39.6 Å². The first kappa shape index (κ1) is 28.7. The van der Waals surface area contributed by atoms with Gasteiger partial charge in [0.15, 0.2) is 0 Å². The normalized spacial score (nSPS) is 11.4. The number of benzene rings is 2. The first-order valence-electron chi connectivity index (χ1n) is 12.8. The van der Waals surface area contributed by atoms with Gasteiger partial charge in [0.2, 0.25) is 5.91 Å². The van der Waals surface area contributed by atoms with E-state index in [1.54, 1.807) is 27.8 Å². The van der Waals surface area contributed by atoms with E-state index in [1.165, 1.54) is 0 Å². The Hall–Kier alpha value is -2.83. The fraction of sp³-hybridized carbons (Fsp3) is 0.414. The Bertz CT molecular complexity index is 1230. The zero-order chi connectivity index (χ0) is 27.2. The minimum absolute atomic E-state index is 0.0600. The van der Waals surface area contributed by atoms with Gasteiger partial charge in [-0.05, 0) is 48.7 Å². The number of nitrogens with zero attached hydrogens (tertiary/aromatic N) is 3. The van der Waals surface area contributed by atoms with Crippen LogP contribution in [0.2, 0.25) is 10.0 Å². The highest BCUT2D eigenvalue weighted by molar-refractivity contribution is 6.42. The highest BCUT2D eigenvalue weighted by atomic mass is 35.5. The average molecular weight is 544 g/mol. The fourth-order valence-electron chi connectivity index (χ4n) is 3.88. The van der Waals surface area contributed by atoms with Crippen LogP contribution in [0.4, 0.5) is 5.82 Å². The van der Waals surface area contributed by atoms with Gasteiger partial charge in [0.05, 0.1) is 21.4 Å². The Morgan fingerprint density at radius 1 is 0.973 bits per heavy atom. The van der Waals surface area contributed by atoms with Crippen LogP contribution in [0.3, 0.4) is 0 Å². The van der Waals surface area contributed by atoms with Crippen LogP contribution >= 0.6 is 23.2 Å². The molecule has 1 aromatic heterocycles. The second-order valence-corrected chi connectivity index (χ2v) is 11.0. The Morgan fingerprint density at radius 3 is 2.27 bits per heavy atom. The molecule has 0 bridgehead atoms. The van der Waals surface area contributed by atoms with Gasteiger partial charge in [0.25, 0.3) is 5.91 Å². The summed E-state index contributed by atoms with van der Waals surface area (Å²) in [7, 11) is 0. The number of aryl methyl sites for hydroxylation is 1. The summed E-state index contributed by atoms with van der Waals surface area (Å²) < 4.78 is 1.65. The maximum atomic E-state index is 13.3. The molecule has 6 nitrogen and oxygen atoms in total. The fourth-order valence-corrected chi connectivity index (χ4v) is 4.17. The molecule has 8 heteroatoms. The van der Waals surface area contributed by atoms with Crippen LogP contribution in [0, 0.1) is 0 Å². The number of carbonyl (C=O) groups is 2. The largest absolute Gasteiger partial charge is 0.329 e. The average Bonchev–Trinajstić information content (AvgIpc) is 3.29. The van der Waals surface area contributed by atoms with Gasteiger partial charge in [-0.15, -0.1) is 0 Å². The third-order valence-corrected chi connectivity index (χ3v) is 6.89. The Morgan fingerprint density at radius 2 is 1.68 bits per heavy atom. The Balaban J connectivity index is 1.86. The van der Waals surface area contributed by atoms with Gasteiger partial charge in [-0.2, -0.15) is 5.10 Å². The molecule has 0 fully saturated rings. The number of halogens is 2. The van der Waals surface area contributed by atoms with E-state index >= 15 is 0 Å². The van der Waals surface area contributed by atoms with Crippen molar-refractivity contribution in [2.24, 2.45) is 0 Å². The molecule has 0 aliphatic carbocycles. The summed E-state index contributed by atoms with van der Waals surface area (Å²) in [6, 6.07) is 14.6. The van der Waals surface area contributed by atoms with Crippen LogP contribution < -0.4 is 5.32 Å². The molecule has 0 unspecified atom stereocenters. The van der Waals surface area contributed by atoms with Crippen molar-refractivity contribution in [2.75, 3.05) is 18.4 Å². The zero-order valence-corrected chi connectivity index (χ0v) is 23.8. The van der Waals surface area contributed by atoms with Gasteiger partial charge in [-0.3, -0.25) is 9.59 Å². The smallest absolute Gasteiger partial charge is 0.254 e. The number of rotatable bonds is 10. The summed E-state index contributed by atoms with van der Waals surface area (Å²) in [6.07, 6.45) is 3.75. The van der Waals surface area contributed by atoms with Gasteiger partial charge >= 0.3 is 0 Å². The van der Waals surface area contributed by atoms with E-state index in [4.69, 9.17) is 28.3 Å². The summed E-state index contributed by atoms with van der Waals surface area (Å²) in [6.45, 7) is 10.8. The van der Waals surface area contributed by atoms with E-state index in [9.17, 15) is 9.59 Å². The maximum Gasteiger partial charge on any atom is 0.254 e. The molecule has 0 aliphatic rings. The number of aromatic nitrogens is 2. The van der Waals surface area contributed by atoms with Gasteiger partial charge in [0.1, 0.15) is 12.4 Å². The van der Waals surface area contributed by atoms with Crippen LogP contribution in [-0.2, 0) is 16.6 Å². The van der Waals surface area contributed by atoms with E-state index in [0.717, 1.165) is 36.9 Å². The molecular formula is C29H36Cl2N4O2. The van der Waals surface area contributed by atoms with Gasteiger partial charge < -0.3 is 10.2 Å². The summed E-state index contributed by atoms with van der Waals surface area (Å²) >= 11 is 12.4. The quantitative estimate of drug-likeness (QED) is 0.273. The van der Waals surface area contributed by atoms with Gasteiger partial charge in [0, 0.05) is 23.6 Å². The molecule has 2 amide bonds. The molecule has 0 saturated carbocycles. The highest BCUT2D eigenvalue weighted by Gasteiger charge is 2.24. The van der Waals surface area contributed by atoms with E-state index in [0.29, 0.717) is 33.7 Å². The molecule has 0 saturated heterocycles. The molecule has 0 radical (unpaired) electrons. The third kappa shape index (κ3) is 7.59. The summed E-state index contributed by atoms with van der Waals surface area (Å²) in [5, 5.41) is 8.54. The molecule has 1 N–H and O–H groups in total. The summed E-state index contributed by atoms with van der Waals surface area (Å²) in [5.41, 5.74) is 2.98. The third-order valence-electron chi connectivity index (χ3n) is 6.16. The number of hydrogen-bond donors (Lipinski definition) is 1. The lowest BCUT2D eigenvalue weighted by atomic mass is 9.92. The number of carbonyl (C=O) groups excluding carboxylic acids is 2. The standard InChI is InChI=1S/C29H36Cl2N4O2/c1-6-8-9-16-34(28(37)21-12-10-20(7-2)11-13-21)19-27(36)32-26-18-25(29(3,4)5)33-35(26)22-14-15-23(30)24(31)17-22/h10-15,17-18H,6-9,16,19H2,1-5H3,(H,32,36). The van der Waals surface area contributed by atoms with Crippen molar-refractivity contribution < 1.29 is 9.59 Å².